The first kappa shape index (κ1) is 11.8. The van der Waals surface area contributed by atoms with Gasteiger partial charge in [0.1, 0.15) is 0 Å². The highest BCUT2D eigenvalue weighted by molar-refractivity contribution is 7.13. The Balaban J connectivity index is 2.54. The molecule has 0 saturated carbocycles. The third kappa shape index (κ3) is 2.08. The van der Waals surface area contributed by atoms with Crippen molar-refractivity contribution in [3.05, 3.63) is 33.7 Å². The van der Waals surface area contributed by atoms with Crippen molar-refractivity contribution < 1.29 is 0 Å². The molecule has 17 heavy (non-hydrogen) atoms. The van der Waals surface area contributed by atoms with E-state index in [0.717, 1.165) is 16.0 Å². The zero-order chi connectivity index (χ0) is 12.4. The minimum absolute atomic E-state index is 0.123. The molecule has 1 atom stereocenters. The molecule has 90 valence electrons. The first-order chi connectivity index (χ1) is 8.15. The predicted molar refractivity (Wildman–Crippen MR) is 68.5 cm³/mol. The molecule has 0 aromatic carbocycles. The molecule has 0 aliphatic rings. The number of thiophene rings is 1. The highest BCUT2D eigenvalue weighted by Gasteiger charge is 2.15. The summed E-state index contributed by atoms with van der Waals surface area (Å²) in [7, 11) is 0. The molecular formula is C11H14N4OS. The SMILES string of the molecule is CCC(C)c1nnc(-c2cccs2)c(=O)n1N. The average molecular weight is 250 g/mol. The van der Waals surface area contributed by atoms with Crippen LogP contribution in [0.5, 0.6) is 0 Å². The third-order valence-corrected chi connectivity index (χ3v) is 3.60. The van der Waals surface area contributed by atoms with Gasteiger partial charge in [-0.05, 0) is 17.9 Å². The number of nitrogens with zero attached hydrogens (tertiary/aromatic N) is 3. The van der Waals surface area contributed by atoms with E-state index >= 15 is 0 Å². The van der Waals surface area contributed by atoms with E-state index in [1.807, 2.05) is 31.4 Å². The molecule has 5 nitrogen and oxygen atoms in total. The second kappa shape index (κ2) is 4.67. The fourth-order valence-electron chi connectivity index (χ4n) is 1.50. The molecule has 2 aromatic rings. The van der Waals surface area contributed by atoms with Crippen LogP contribution in [-0.4, -0.2) is 14.9 Å². The molecule has 2 N–H and O–H groups in total. The molecule has 0 saturated heterocycles. The summed E-state index contributed by atoms with van der Waals surface area (Å²) in [5.41, 5.74) is 0.0207. The summed E-state index contributed by atoms with van der Waals surface area (Å²) in [6, 6.07) is 3.70. The van der Waals surface area contributed by atoms with E-state index < -0.39 is 0 Å². The Kier molecular flexibility index (Phi) is 3.23. The Bertz CT molecular complexity index is 561. The van der Waals surface area contributed by atoms with Gasteiger partial charge in [-0.1, -0.05) is 19.9 Å². The van der Waals surface area contributed by atoms with Gasteiger partial charge in [0.05, 0.1) is 4.88 Å². The summed E-state index contributed by atoms with van der Waals surface area (Å²) < 4.78 is 1.11. The van der Waals surface area contributed by atoms with E-state index in [1.54, 1.807) is 0 Å². The van der Waals surface area contributed by atoms with Crippen LogP contribution in [0.2, 0.25) is 0 Å². The smallest absolute Gasteiger partial charge is 0.299 e. The van der Waals surface area contributed by atoms with Crippen LogP contribution in [-0.2, 0) is 0 Å². The molecule has 0 fully saturated rings. The lowest BCUT2D eigenvalue weighted by atomic mass is 10.1. The number of rotatable bonds is 3. The summed E-state index contributed by atoms with van der Waals surface area (Å²) >= 11 is 1.45. The van der Waals surface area contributed by atoms with Crippen LogP contribution in [0.1, 0.15) is 32.0 Å². The van der Waals surface area contributed by atoms with Crippen LogP contribution >= 0.6 is 11.3 Å². The highest BCUT2D eigenvalue weighted by Crippen LogP contribution is 2.20. The Morgan fingerprint density at radius 3 is 2.88 bits per heavy atom. The van der Waals surface area contributed by atoms with Gasteiger partial charge in [-0.25, -0.2) is 4.68 Å². The molecule has 1 unspecified atom stereocenters. The van der Waals surface area contributed by atoms with Gasteiger partial charge in [0.25, 0.3) is 5.56 Å². The molecule has 2 aromatic heterocycles. The molecule has 0 bridgehead atoms. The Morgan fingerprint density at radius 1 is 1.53 bits per heavy atom. The van der Waals surface area contributed by atoms with Crippen molar-refractivity contribution >= 4 is 11.3 Å². The van der Waals surface area contributed by atoms with E-state index in [2.05, 4.69) is 10.2 Å². The summed E-state index contributed by atoms with van der Waals surface area (Å²) in [5.74, 6) is 6.42. The minimum atomic E-state index is -0.294. The fourth-order valence-corrected chi connectivity index (χ4v) is 2.20. The molecule has 2 rings (SSSR count). The lowest BCUT2D eigenvalue weighted by molar-refractivity contribution is 0.609. The van der Waals surface area contributed by atoms with Gasteiger partial charge in [-0.3, -0.25) is 4.79 Å². The summed E-state index contributed by atoms with van der Waals surface area (Å²) in [4.78, 5) is 12.8. The number of hydrogen-bond acceptors (Lipinski definition) is 5. The Labute approximate surface area is 103 Å². The maximum Gasteiger partial charge on any atom is 0.299 e. The first-order valence-corrected chi connectivity index (χ1v) is 6.31. The number of hydrogen-bond donors (Lipinski definition) is 1. The van der Waals surface area contributed by atoms with Crippen molar-refractivity contribution in [2.45, 2.75) is 26.2 Å². The van der Waals surface area contributed by atoms with Crippen molar-refractivity contribution in [3.8, 4) is 10.6 Å². The van der Waals surface area contributed by atoms with Crippen LogP contribution < -0.4 is 11.4 Å². The van der Waals surface area contributed by atoms with E-state index in [0.29, 0.717) is 11.5 Å². The largest absolute Gasteiger partial charge is 0.335 e. The second-order valence-corrected chi connectivity index (χ2v) is 4.82. The number of nitrogen functional groups attached to an aromatic ring is 1. The van der Waals surface area contributed by atoms with Crippen LogP contribution in [0, 0.1) is 0 Å². The van der Waals surface area contributed by atoms with E-state index in [4.69, 9.17) is 5.84 Å². The minimum Gasteiger partial charge on any atom is -0.335 e. The van der Waals surface area contributed by atoms with Crippen LogP contribution in [0.4, 0.5) is 0 Å². The maximum absolute atomic E-state index is 12.1. The third-order valence-electron chi connectivity index (χ3n) is 2.73. The number of nitrogens with two attached hydrogens (primary N) is 1. The topological polar surface area (TPSA) is 73.8 Å². The van der Waals surface area contributed by atoms with Gasteiger partial charge in [0.2, 0.25) is 0 Å². The van der Waals surface area contributed by atoms with Crippen LogP contribution in [0.3, 0.4) is 0 Å². The summed E-state index contributed by atoms with van der Waals surface area (Å²) in [6.45, 7) is 3.99. The maximum atomic E-state index is 12.1. The molecule has 6 heteroatoms. The summed E-state index contributed by atoms with van der Waals surface area (Å²) in [6.07, 6.45) is 0.865. The Hall–Kier alpha value is -1.69. The van der Waals surface area contributed by atoms with Gasteiger partial charge in [-0.2, -0.15) is 0 Å². The standard InChI is InChI=1S/C11H14N4OS/c1-3-7(2)10-14-13-9(11(16)15(10)12)8-5-4-6-17-8/h4-7H,3,12H2,1-2H3. The van der Waals surface area contributed by atoms with Gasteiger partial charge >= 0.3 is 0 Å². The van der Waals surface area contributed by atoms with E-state index in [-0.39, 0.29) is 11.5 Å². The van der Waals surface area contributed by atoms with E-state index in [9.17, 15) is 4.79 Å². The molecule has 0 radical (unpaired) electrons. The highest BCUT2D eigenvalue weighted by atomic mass is 32.1. The Morgan fingerprint density at radius 2 is 2.29 bits per heavy atom. The zero-order valence-corrected chi connectivity index (χ0v) is 10.6. The molecule has 0 spiro atoms. The monoisotopic (exact) mass is 250 g/mol. The van der Waals surface area contributed by atoms with Crippen LogP contribution in [0.15, 0.2) is 22.3 Å². The summed E-state index contributed by atoms with van der Waals surface area (Å²) in [5, 5.41) is 9.95. The van der Waals surface area contributed by atoms with Gasteiger partial charge in [0.15, 0.2) is 11.5 Å². The molecule has 0 amide bonds. The van der Waals surface area contributed by atoms with E-state index in [1.165, 1.54) is 11.3 Å². The first-order valence-electron chi connectivity index (χ1n) is 5.43. The van der Waals surface area contributed by atoms with Gasteiger partial charge in [0, 0.05) is 5.92 Å². The predicted octanol–water partition coefficient (Wildman–Crippen LogP) is 1.59. The van der Waals surface area contributed by atoms with Crippen molar-refractivity contribution in [1.82, 2.24) is 14.9 Å². The molecule has 2 heterocycles. The second-order valence-electron chi connectivity index (χ2n) is 3.87. The average Bonchev–Trinajstić information content (AvgIpc) is 2.85. The number of aromatic nitrogens is 3. The molecular weight excluding hydrogens is 236 g/mol. The molecule has 0 aliphatic heterocycles. The lowest BCUT2D eigenvalue weighted by Gasteiger charge is -2.11. The van der Waals surface area contributed by atoms with Crippen molar-refractivity contribution in [2.24, 2.45) is 0 Å². The zero-order valence-electron chi connectivity index (χ0n) is 9.75. The van der Waals surface area contributed by atoms with Crippen molar-refractivity contribution in [1.29, 1.82) is 0 Å². The van der Waals surface area contributed by atoms with Crippen molar-refractivity contribution in [2.75, 3.05) is 5.84 Å². The van der Waals surface area contributed by atoms with Crippen LogP contribution in [0.25, 0.3) is 10.6 Å². The van der Waals surface area contributed by atoms with Gasteiger partial charge in [-0.15, -0.1) is 21.5 Å². The molecule has 0 aliphatic carbocycles. The lowest BCUT2D eigenvalue weighted by Crippen LogP contribution is -2.34. The quantitative estimate of drug-likeness (QED) is 0.840. The fraction of sp³-hybridized carbons (Fsp3) is 0.364. The van der Waals surface area contributed by atoms with Gasteiger partial charge < -0.3 is 5.84 Å². The normalized spacial score (nSPS) is 12.6. The van der Waals surface area contributed by atoms with Crippen molar-refractivity contribution in [3.63, 3.8) is 0 Å².